The van der Waals surface area contributed by atoms with Gasteiger partial charge in [-0.3, -0.25) is 10.0 Å². The van der Waals surface area contributed by atoms with Crippen molar-refractivity contribution in [2.24, 2.45) is 10.8 Å². The second-order valence-corrected chi connectivity index (χ2v) is 1.71. The first-order valence-corrected chi connectivity index (χ1v) is 2.81. The molecule has 0 amide bonds. The quantitative estimate of drug-likeness (QED) is 0.257. The maximum atomic E-state index is 5.45. The van der Waals surface area contributed by atoms with Crippen LogP contribution in [0.25, 0.3) is 0 Å². The molecule has 52 valence electrons. The SMILES string of the molecule is CC=C(C)N(N)C=NC. The van der Waals surface area contributed by atoms with Gasteiger partial charge in [0.2, 0.25) is 0 Å². The van der Waals surface area contributed by atoms with E-state index in [1.807, 2.05) is 19.9 Å². The summed E-state index contributed by atoms with van der Waals surface area (Å²) in [5, 5.41) is 1.47. The Kier molecular flexibility index (Phi) is 3.71. The molecule has 0 aliphatic carbocycles. The Hall–Kier alpha value is -0.830. The monoisotopic (exact) mass is 127 g/mol. The summed E-state index contributed by atoms with van der Waals surface area (Å²) in [4.78, 5) is 3.74. The zero-order valence-corrected chi connectivity index (χ0v) is 6.13. The van der Waals surface area contributed by atoms with Crippen molar-refractivity contribution in [3.8, 4) is 0 Å². The van der Waals surface area contributed by atoms with Crippen LogP contribution in [0.2, 0.25) is 0 Å². The van der Waals surface area contributed by atoms with E-state index in [1.54, 1.807) is 13.4 Å². The zero-order valence-electron chi connectivity index (χ0n) is 6.13. The minimum Gasteiger partial charge on any atom is -0.277 e. The minimum absolute atomic E-state index is 0.987. The molecule has 0 spiro atoms. The number of hydrogen-bond acceptors (Lipinski definition) is 2. The highest BCUT2D eigenvalue weighted by atomic mass is 15.4. The third kappa shape index (κ3) is 2.87. The molecule has 3 heteroatoms. The van der Waals surface area contributed by atoms with Crippen LogP contribution in [0.1, 0.15) is 13.8 Å². The lowest BCUT2D eigenvalue weighted by Gasteiger charge is -2.10. The largest absolute Gasteiger partial charge is 0.277 e. The first-order valence-electron chi connectivity index (χ1n) is 2.81. The molecule has 0 rings (SSSR count). The molecule has 0 aliphatic rings. The van der Waals surface area contributed by atoms with E-state index in [2.05, 4.69) is 4.99 Å². The number of aliphatic imine (C=N–C) groups is 1. The van der Waals surface area contributed by atoms with Crippen molar-refractivity contribution in [3.63, 3.8) is 0 Å². The average molecular weight is 127 g/mol. The topological polar surface area (TPSA) is 41.6 Å². The average Bonchev–Trinajstić information content (AvgIpc) is 1.87. The second kappa shape index (κ2) is 4.09. The molecule has 0 radical (unpaired) electrons. The smallest absolute Gasteiger partial charge is 0.103 e. The summed E-state index contributed by atoms with van der Waals surface area (Å²) in [6, 6.07) is 0. The van der Waals surface area contributed by atoms with Gasteiger partial charge in [-0.15, -0.1) is 0 Å². The Morgan fingerprint density at radius 2 is 2.22 bits per heavy atom. The van der Waals surface area contributed by atoms with Crippen molar-refractivity contribution >= 4 is 6.34 Å². The second-order valence-electron chi connectivity index (χ2n) is 1.71. The lowest BCUT2D eigenvalue weighted by atomic mass is 10.4. The summed E-state index contributed by atoms with van der Waals surface area (Å²) in [5.41, 5.74) is 0.987. The van der Waals surface area contributed by atoms with Crippen LogP contribution in [0.15, 0.2) is 16.8 Å². The number of hydrazine groups is 1. The van der Waals surface area contributed by atoms with Crippen molar-refractivity contribution in [2.45, 2.75) is 13.8 Å². The van der Waals surface area contributed by atoms with Crippen molar-refractivity contribution in [1.29, 1.82) is 0 Å². The van der Waals surface area contributed by atoms with E-state index in [1.165, 1.54) is 5.01 Å². The molecule has 0 aromatic rings. The molecule has 0 aliphatic heterocycles. The molecule has 3 nitrogen and oxygen atoms in total. The van der Waals surface area contributed by atoms with E-state index in [4.69, 9.17) is 5.84 Å². The first kappa shape index (κ1) is 8.17. The molecule has 9 heavy (non-hydrogen) atoms. The summed E-state index contributed by atoms with van der Waals surface area (Å²) in [6.45, 7) is 3.85. The van der Waals surface area contributed by atoms with Gasteiger partial charge in [0.1, 0.15) is 6.34 Å². The number of nitrogens with two attached hydrogens (primary N) is 1. The van der Waals surface area contributed by atoms with Gasteiger partial charge in [0, 0.05) is 12.7 Å². The maximum absolute atomic E-state index is 5.45. The molecule has 2 N–H and O–H groups in total. The molecule has 0 bridgehead atoms. The van der Waals surface area contributed by atoms with Gasteiger partial charge in [0.25, 0.3) is 0 Å². The van der Waals surface area contributed by atoms with Crippen LogP contribution in [0.4, 0.5) is 0 Å². The molecule has 0 aromatic heterocycles. The van der Waals surface area contributed by atoms with Crippen LogP contribution in [0, 0.1) is 0 Å². The fraction of sp³-hybridized carbons (Fsp3) is 0.500. The summed E-state index contributed by atoms with van der Waals surface area (Å²) in [7, 11) is 1.68. The van der Waals surface area contributed by atoms with E-state index < -0.39 is 0 Å². The Morgan fingerprint density at radius 1 is 1.67 bits per heavy atom. The van der Waals surface area contributed by atoms with Gasteiger partial charge < -0.3 is 0 Å². The molecular weight excluding hydrogens is 114 g/mol. The maximum Gasteiger partial charge on any atom is 0.103 e. The fourth-order valence-corrected chi connectivity index (χ4v) is 0.365. The first-order chi connectivity index (χ1) is 4.22. The molecule has 0 unspecified atom stereocenters. The van der Waals surface area contributed by atoms with Crippen LogP contribution in [0.5, 0.6) is 0 Å². The lowest BCUT2D eigenvalue weighted by molar-refractivity contribution is 0.560. The molecular formula is C6H13N3. The van der Waals surface area contributed by atoms with Crippen molar-refractivity contribution in [2.75, 3.05) is 7.05 Å². The molecule has 0 saturated carbocycles. The third-order valence-corrected chi connectivity index (χ3v) is 1.06. The van der Waals surface area contributed by atoms with Gasteiger partial charge in [-0.05, 0) is 13.8 Å². The van der Waals surface area contributed by atoms with Gasteiger partial charge >= 0.3 is 0 Å². The van der Waals surface area contributed by atoms with Gasteiger partial charge in [0.05, 0.1) is 0 Å². The predicted octanol–water partition coefficient (Wildman–Crippen LogP) is 0.744. The van der Waals surface area contributed by atoms with E-state index in [0.717, 1.165) is 5.70 Å². The van der Waals surface area contributed by atoms with Crippen LogP contribution in [-0.4, -0.2) is 18.4 Å². The van der Waals surface area contributed by atoms with Crippen LogP contribution in [-0.2, 0) is 0 Å². The molecule has 0 heterocycles. The zero-order chi connectivity index (χ0) is 7.28. The van der Waals surface area contributed by atoms with E-state index in [9.17, 15) is 0 Å². The molecule has 0 atom stereocenters. The van der Waals surface area contributed by atoms with E-state index in [0.29, 0.717) is 0 Å². The minimum atomic E-state index is 0.987. The summed E-state index contributed by atoms with van der Waals surface area (Å²) < 4.78 is 0. The highest BCUT2D eigenvalue weighted by molar-refractivity contribution is 5.56. The summed E-state index contributed by atoms with van der Waals surface area (Å²) in [6.07, 6.45) is 3.48. The highest BCUT2D eigenvalue weighted by Crippen LogP contribution is 1.91. The molecule has 0 fully saturated rings. The fourth-order valence-electron chi connectivity index (χ4n) is 0.365. The standard InChI is InChI=1S/C6H13N3/c1-4-6(2)9(7)5-8-3/h4-5H,7H2,1-3H3. The van der Waals surface area contributed by atoms with Crippen molar-refractivity contribution < 1.29 is 0 Å². The number of allylic oxidation sites excluding steroid dienone is 2. The third-order valence-electron chi connectivity index (χ3n) is 1.06. The van der Waals surface area contributed by atoms with Gasteiger partial charge in [0.15, 0.2) is 0 Å². The van der Waals surface area contributed by atoms with E-state index in [-0.39, 0.29) is 0 Å². The van der Waals surface area contributed by atoms with E-state index >= 15 is 0 Å². The van der Waals surface area contributed by atoms with Crippen LogP contribution < -0.4 is 5.84 Å². The lowest BCUT2D eigenvalue weighted by Crippen LogP contribution is -2.27. The normalized spacial score (nSPS) is 12.7. The Bertz CT molecular complexity index is 126. The van der Waals surface area contributed by atoms with Crippen LogP contribution in [0.3, 0.4) is 0 Å². The van der Waals surface area contributed by atoms with Crippen LogP contribution >= 0.6 is 0 Å². The van der Waals surface area contributed by atoms with Crippen molar-refractivity contribution in [1.82, 2.24) is 5.01 Å². The number of rotatable bonds is 2. The Morgan fingerprint density at radius 3 is 2.56 bits per heavy atom. The van der Waals surface area contributed by atoms with Crippen molar-refractivity contribution in [3.05, 3.63) is 11.8 Å². The van der Waals surface area contributed by atoms with Gasteiger partial charge in [-0.2, -0.15) is 0 Å². The van der Waals surface area contributed by atoms with Gasteiger partial charge in [-0.1, -0.05) is 6.08 Å². The van der Waals surface area contributed by atoms with Gasteiger partial charge in [-0.25, -0.2) is 5.84 Å². The summed E-state index contributed by atoms with van der Waals surface area (Å²) >= 11 is 0. The molecule has 0 saturated heterocycles. The molecule has 0 aromatic carbocycles. The highest BCUT2D eigenvalue weighted by Gasteiger charge is 1.89. The predicted molar refractivity (Wildman–Crippen MR) is 39.9 cm³/mol. The number of nitrogens with zero attached hydrogens (tertiary/aromatic N) is 2. The Labute approximate surface area is 55.8 Å². The Balaban J connectivity index is 3.88. The summed E-state index contributed by atoms with van der Waals surface area (Å²) in [5.74, 6) is 5.45. The number of hydrogen-bond donors (Lipinski definition) is 1.